The SMILES string of the molecule is O=C1/C(=C2/C=C(c3ccccc3)N(Cc3ccccc3)C2=O)C=C(c2ccccc2)N1Cc1ccccc1. The molecule has 0 fully saturated rings. The van der Waals surface area contributed by atoms with Gasteiger partial charge in [-0.15, -0.1) is 0 Å². The lowest BCUT2D eigenvalue weighted by Crippen LogP contribution is -2.28. The van der Waals surface area contributed by atoms with Crippen molar-refractivity contribution in [1.29, 1.82) is 0 Å². The van der Waals surface area contributed by atoms with E-state index >= 15 is 0 Å². The van der Waals surface area contributed by atoms with E-state index in [9.17, 15) is 9.59 Å². The third-order valence-corrected chi connectivity index (χ3v) is 6.89. The maximum atomic E-state index is 14.0. The Bertz CT molecular complexity index is 1450. The summed E-state index contributed by atoms with van der Waals surface area (Å²) < 4.78 is 0. The first-order valence-electron chi connectivity index (χ1n) is 12.7. The molecule has 0 atom stereocenters. The second-order valence-corrected chi connectivity index (χ2v) is 9.37. The van der Waals surface area contributed by atoms with E-state index < -0.39 is 0 Å². The topological polar surface area (TPSA) is 40.6 Å². The molecule has 4 nitrogen and oxygen atoms in total. The summed E-state index contributed by atoms with van der Waals surface area (Å²) in [6, 6.07) is 39.6. The number of benzene rings is 4. The molecular weight excluding hydrogens is 468 g/mol. The molecular formula is C34H26N2O2. The number of hydrogen-bond donors (Lipinski definition) is 0. The Hall–Kier alpha value is -4.96. The van der Waals surface area contributed by atoms with E-state index in [0.717, 1.165) is 33.6 Å². The predicted octanol–water partition coefficient (Wildman–Crippen LogP) is 6.45. The van der Waals surface area contributed by atoms with Gasteiger partial charge in [-0.3, -0.25) is 9.59 Å². The molecule has 0 saturated carbocycles. The van der Waals surface area contributed by atoms with Crippen LogP contribution in [0.1, 0.15) is 22.3 Å². The minimum atomic E-state index is -0.165. The van der Waals surface area contributed by atoms with E-state index in [-0.39, 0.29) is 11.8 Å². The Labute approximate surface area is 222 Å². The molecule has 0 radical (unpaired) electrons. The van der Waals surface area contributed by atoms with Crippen LogP contribution in [0.4, 0.5) is 0 Å². The zero-order valence-electron chi connectivity index (χ0n) is 20.8. The van der Waals surface area contributed by atoms with Crippen LogP contribution in [0, 0.1) is 0 Å². The van der Waals surface area contributed by atoms with Gasteiger partial charge in [-0.25, -0.2) is 0 Å². The molecule has 0 bridgehead atoms. The Kier molecular flexibility index (Phi) is 6.29. The molecule has 0 saturated heterocycles. The van der Waals surface area contributed by atoms with Crippen molar-refractivity contribution in [3.05, 3.63) is 167 Å². The first-order chi connectivity index (χ1) is 18.7. The quantitative estimate of drug-likeness (QED) is 0.289. The van der Waals surface area contributed by atoms with Gasteiger partial charge >= 0.3 is 0 Å². The fourth-order valence-corrected chi connectivity index (χ4v) is 4.99. The first-order valence-corrected chi connectivity index (χ1v) is 12.7. The monoisotopic (exact) mass is 494 g/mol. The largest absolute Gasteiger partial charge is 0.303 e. The highest BCUT2D eigenvalue weighted by Gasteiger charge is 2.37. The van der Waals surface area contributed by atoms with Gasteiger partial charge < -0.3 is 9.80 Å². The summed E-state index contributed by atoms with van der Waals surface area (Å²) in [5.41, 5.74) is 6.37. The minimum Gasteiger partial charge on any atom is -0.303 e. The maximum Gasteiger partial charge on any atom is 0.259 e. The number of amides is 2. The van der Waals surface area contributed by atoms with Crippen molar-refractivity contribution in [3.63, 3.8) is 0 Å². The number of hydrogen-bond acceptors (Lipinski definition) is 2. The molecule has 2 heterocycles. The molecule has 6 rings (SSSR count). The molecule has 4 heteroatoms. The lowest BCUT2D eigenvalue weighted by Gasteiger charge is -2.21. The molecule has 184 valence electrons. The summed E-state index contributed by atoms with van der Waals surface area (Å²) in [5, 5.41) is 0. The van der Waals surface area contributed by atoms with E-state index in [1.807, 2.05) is 133 Å². The third kappa shape index (κ3) is 4.48. The summed E-state index contributed by atoms with van der Waals surface area (Å²) in [5.74, 6) is -0.331. The summed E-state index contributed by atoms with van der Waals surface area (Å²) >= 11 is 0. The Morgan fingerprint density at radius 1 is 0.421 bits per heavy atom. The van der Waals surface area contributed by atoms with Crippen LogP contribution in [0.25, 0.3) is 11.4 Å². The standard InChI is InChI=1S/C34H26N2O2/c37-33-29(21-31(27-17-9-3-10-18-27)35(33)23-25-13-5-1-6-14-25)30-22-32(28-19-11-4-12-20-28)36(34(30)38)24-26-15-7-2-8-16-26/h1-22H,23-24H2/b30-29-. The predicted molar refractivity (Wildman–Crippen MR) is 150 cm³/mol. The number of carbonyl (C=O) groups excluding carboxylic acids is 2. The minimum absolute atomic E-state index is 0.165. The van der Waals surface area contributed by atoms with Gasteiger partial charge in [-0.05, 0) is 34.4 Å². The van der Waals surface area contributed by atoms with Gasteiger partial charge in [0.1, 0.15) is 0 Å². The van der Waals surface area contributed by atoms with Gasteiger partial charge in [0.25, 0.3) is 11.8 Å². The molecule has 0 spiro atoms. The van der Waals surface area contributed by atoms with Gasteiger partial charge in [0.2, 0.25) is 0 Å². The molecule has 38 heavy (non-hydrogen) atoms. The fraction of sp³-hybridized carbons (Fsp3) is 0.0588. The molecule has 0 N–H and O–H groups in total. The zero-order chi connectivity index (χ0) is 25.9. The van der Waals surface area contributed by atoms with Crippen molar-refractivity contribution in [3.8, 4) is 0 Å². The second kappa shape index (κ2) is 10.2. The van der Waals surface area contributed by atoms with Crippen molar-refractivity contribution >= 4 is 23.2 Å². The molecule has 0 unspecified atom stereocenters. The Morgan fingerprint density at radius 3 is 1.08 bits per heavy atom. The average molecular weight is 495 g/mol. The fourth-order valence-electron chi connectivity index (χ4n) is 4.99. The van der Waals surface area contributed by atoms with Crippen molar-refractivity contribution < 1.29 is 9.59 Å². The van der Waals surface area contributed by atoms with Crippen LogP contribution in [0.15, 0.2) is 145 Å². The van der Waals surface area contributed by atoms with Crippen molar-refractivity contribution in [1.82, 2.24) is 9.80 Å². The molecule has 0 aromatic heterocycles. The van der Waals surface area contributed by atoms with Crippen LogP contribution >= 0.6 is 0 Å². The van der Waals surface area contributed by atoms with Crippen LogP contribution in [0.2, 0.25) is 0 Å². The summed E-state index contributed by atoms with van der Waals surface area (Å²) in [4.78, 5) is 31.4. The molecule has 2 aliphatic rings. The van der Waals surface area contributed by atoms with Gasteiger partial charge in [0.05, 0.1) is 35.6 Å². The van der Waals surface area contributed by atoms with Crippen LogP contribution in [-0.4, -0.2) is 21.6 Å². The van der Waals surface area contributed by atoms with E-state index in [2.05, 4.69) is 0 Å². The molecule has 2 aliphatic heterocycles. The lowest BCUT2D eigenvalue weighted by atomic mass is 10.1. The zero-order valence-corrected chi connectivity index (χ0v) is 20.8. The summed E-state index contributed by atoms with van der Waals surface area (Å²) in [7, 11) is 0. The normalized spacial score (nSPS) is 17.2. The third-order valence-electron chi connectivity index (χ3n) is 6.89. The van der Waals surface area contributed by atoms with Crippen LogP contribution in [-0.2, 0) is 22.7 Å². The second-order valence-electron chi connectivity index (χ2n) is 9.37. The smallest absolute Gasteiger partial charge is 0.259 e. The Morgan fingerprint density at radius 2 is 0.737 bits per heavy atom. The molecule has 4 aromatic rings. The van der Waals surface area contributed by atoms with Gasteiger partial charge in [-0.2, -0.15) is 0 Å². The molecule has 0 aliphatic carbocycles. The average Bonchev–Trinajstić information content (AvgIpc) is 3.46. The van der Waals surface area contributed by atoms with E-state index in [0.29, 0.717) is 24.2 Å². The van der Waals surface area contributed by atoms with Gasteiger partial charge in [0, 0.05) is 0 Å². The van der Waals surface area contributed by atoms with Crippen molar-refractivity contribution in [2.45, 2.75) is 13.1 Å². The summed E-state index contributed by atoms with van der Waals surface area (Å²) in [6.45, 7) is 0.850. The molecule has 2 amide bonds. The van der Waals surface area contributed by atoms with E-state index in [4.69, 9.17) is 0 Å². The molecule has 4 aromatic carbocycles. The number of rotatable bonds is 6. The highest BCUT2D eigenvalue weighted by molar-refractivity contribution is 6.18. The van der Waals surface area contributed by atoms with Gasteiger partial charge in [0.15, 0.2) is 0 Å². The van der Waals surface area contributed by atoms with Crippen LogP contribution in [0.3, 0.4) is 0 Å². The summed E-state index contributed by atoms with van der Waals surface area (Å²) in [6.07, 6.45) is 3.75. The van der Waals surface area contributed by atoms with Crippen molar-refractivity contribution in [2.75, 3.05) is 0 Å². The van der Waals surface area contributed by atoms with E-state index in [1.165, 1.54) is 0 Å². The highest BCUT2D eigenvalue weighted by atomic mass is 16.2. The first kappa shape index (κ1) is 23.4. The Balaban J connectivity index is 1.46. The van der Waals surface area contributed by atoms with Crippen molar-refractivity contribution in [2.24, 2.45) is 0 Å². The van der Waals surface area contributed by atoms with Crippen LogP contribution in [0.5, 0.6) is 0 Å². The number of nitrogens with zero attached hydrogens (tertiary/aromatic N) is 2. The van der Waals surface area contributed by atoms with Crippen LogP contribution < -0.4 is 0 Å². The van der Waals surface area contributed by atoms with Gasteiger partial charge in [-0.1, -0.05) is 121 Å². The lowest BCUT2D eigenvalue weighted by molar-refractivity contribution is -0.126. The van der Waals surface area contributed by atoms with E-state index in [1.54, 1.807) is 9.80 Å². The maximum absolute atomic E-state index is 14.0. The highest BCUT2D eigenvalue weighted by Crippen LogP contribution is 2.38. The number of carbonyl (C=O) groups is 2.